The van der Waals surface area contributed by atoms with Crippen molar-refractivity contribution in [2.24, 2.45) is 5.92 Å². The van der Waals surface area contributed by atoms with Crippen LogP contribution >= 0.6 is 11.3 Å². The smallest absolute Gasteiger partial charge is 0.263 e. The van der Waals surface area contributed by atoms with Gasteiger partial charge in [0.1, 0.15) is 4.88 Å². The van der Waals surface area contributed by atoms with E-state index in [4.69, 9.17) is 5.11 Å². The van der Waals surface area contributed by atoms with Gasteiger partial charge in [0.05, 0.1) is 17.3 Å². The fourth-order valence-electron chi connectivity index (χ4n) is 1.42. The van der Waals surface area contributed by atoms with Gasteiger partial charge in [-0.1, -0.05) is 13.8 Å². The molecule has 0 aliphatic heterocycles. The molecule has 1 aromatic rings. The van der Waals surface area contributed by atoms with Crippen LogP contribution < -0.4 is 5.32 Å². The molecule has 1 heterocycles. The summed E-state index contributed by atoms with van der Waals surface area (Å²) in [5, 5.41) is 12.2. The molecule has 0 saturated carbocycles. The molecule has 0 saturated heterocycles. The molecule has 0 aromatic carbocycles. The first-order chi connectivity index (χ1) is 7.54. The fraction of sp³-hybridized carbons (Fsp3) is 0.636. The van der Waals surface area contributed by atoms with Gasteiger partial charge in [-0.15, -0.1) is 11.3 Å². The summed E-state index contributed by atoms with van der Waals surface area (Å²) < 4.78 is 0. The predicted octanol–water partition coefficient (Wildman–Crippen LogP) is 1.37. The van der Waals surface area contributed by atoms with Crippen molar-refractivity contribution in [3.8, 4) is 0 Å². The average Bonchev–Trinajstić information content (AvgIpc) is 2.55. The molecule has 0 aliphatic rings. The van der Waals surface area contributed by atoms with Crippen LogP contribution in [0.25, 0.3) is 0 Å². The average molecular weight is 242 g/mol. The van der Waals surface area contributed by atoms with E-state index in [0.717, 1.165) is 17.1 Å². The second-order valence-corrected chi connectivity index (χ2v) is 5.29. The van der Waals surface area contributed by atoms with E-state index in [0.29, 0.717) is 10.8 Å². The van der Waals surface area contributed by atoms with Crippen molar-refractivity contribution < 1.29 is 9.90 Å². The lowest BCUT2D eigenvalue weighted by Gasteiger charge is -2.05. The SMILES string of the molecule is Cc1nc(CC(C)C)c(C(=O)NCCO)s1. The third-order valence-electron chi connectivity index (χ3n) is 2.01. The molecular formula is C11H18N2O2S. The monoisotopic (exact) mass is 242 g/mol. The minimum absolute atomic E-state index is 0.0387. The molecule has 0 fully saturated rings. The Morgan fingerprint density at radius 2 is 2.25 bits per heavy atom. The van der Waals surface area contributed by atoms with Gasteiger partial charge >= 0.3 is 0 Å². The summed E-state index contributed by atoms with van der Waals surface area (Å²) in [5.41, 5.74) is 0.868. The van der Waals surface area contributed by atoms with E-state index in [1.807, 2.05) is 6.92 Å². The molecular weight excluding hydrogens is 224 g/mol. The van der Waals surface area contributed by atoms with E-state index in [1.165, 1.54) is 11.3 Å². The van der Waals surface area contributed by atoms with E-state index in [1.54, 1.807) is 0 Å². The number of hydrogen-bond donors (Lipinski definition) is 2. The van der Waals surface area contributed by atoms with Gasteiger partial charge in [0.2, 0.25) is 0 Å². The molecule has 1 aromatic heterocycles. The van der Waals surface area contributed by atoms with Crippen LogP contribution in [-0.2, 0) is 6.42 Å². The van der Waals surface area contributed by atoms with Crippen LogP contribution in [0.4, 0.5) is 0 Å². The van der Waals surface area contributed by atoms with E-state index in [9.17, 15) is 4.79 Å². The molecule has 0 atom stereocenters. The zero-order valence-corrected chi connectivity index (χ0v) is 10.7. The summed E-state index contributed by atoms with van der Waals surface area (Å²) >= 11 is 1.41. The number of aromatic nitrogens is 1. The number of rotatable bonds is 5. The van der Waals surface area contributed by atoms with E-state index < -0.39 is 0 Å². The highest BCUT2D eigenvalue weighted by Gasteiger charge is 2.16. The Kier molecular flexibility index (Phi) is 4.89. The Hall–Kier alpha value is -0.940. The minimum atomic E-state index is -0.129. The summed E-state index contributed by atoms with van der Waals surface area (Å²) in [6, 6.07) is 0. The maximum atomic E-state index is 11.8. The highest BCUT2D eigenvalue weighted by atomic mass is 32.1. The number of carbonyl (C=O) groups excluding carboxylic acids is 1. The highest BCUT2D eigenvalue weighted by Crippen LogP contribution is 2.20. The van der Waals surface area contributed by atoms with Gasteiger partial charge in [0, 0.05) is 6.54 Å². The number of thiazole rings is 1. The summed E-state index contributed by atoms with van der Waals surface area (Å²) in [4.78, 5) is 16.8. The van der Waals surface area contributed by atoms with Crippen LogP contribution in [0.1, 0.15) is 34.2 Å². The van der Waals surface area contributed by atoms with Crippen LogP contribution in [0.3, 0.4) is 0 Å². The van der Waals surface area contributed by atoms with Crippen molar-refractivity contribution in [1.82, 2.24) is 10.3 Å². The second-order valence-electron chi connectivity index (χ2n) is 4.09. The second kappa shape index (κ2) is 5.96. The van der Waals surface area contributed by atoms with Crippen LogP contribution in [0.5, 0.6) is 0 Å². The topological polar surface area (TPSA) is 62.2 Å². The van der Waals surface area contributed by atoms with Crippen molar-refractivity contribution in [1.29, 1.82) is 0 Å². The standard InChI is InChI=1S/C11H18N2O2S/c1-7(2)6-9-10(16-8(3)13-9)11(15)12-4-5-14/h7,14H,4-6H2,1-3H3,(H,12,15). The summed E-state index contributed by atoms with van der Waals surface area (Å²) in [6.45, 7) is 6.35. The lowest BCUT2D eigenvalue weighted by atomic mass is 10.1. The summed E-state index contributed by atoms with van der Waals surface area (Å²) in [6.07, 6.45) is 0.812. The van der Waals surface area contributed by atoms with Crippen molar-refractivity contribution in [3.63, 3.8) is 0 Å². The Bertz CT molecular complexity index is 361. The molecule has 16 heavy (non-hydrogen) atoms. The lowest BCUT2D eigenvalue weighted by Crippen LogP contribution is -2.26. The maximum absolute atomic E-state index is 11.8. The van der Waals surface area contributed by atoms with Gasteiger partial charge in [-0.05, 0) is 19.3 Å². The highest BCUT2D eigenvalue weighted by molar-refractivity contribution is 7.13. The summed E-state index contributed by atoms with van der Waals surface area (Å²) in [5.74, 6) is 0.348. The van der Waals surface area contributed by atoms with E-state index in [2.05, 4.69) is 24.1 Å². The van der Waals surface area contributed by atoms with E-state index >= 15 is 0 Å². The summed E-state index contributed by atoms with van der Waals surface area (Å²) in [7, 11) is 0. The lowest BCUT2D eigenvalue weighted by molar-refractivity contribution is 0.0947. The van der Waals surface area contributed by atoms with E-state index in [-0.39, 0.29) is 19.1 Å². The third kappa shape index (κ3) is 3.57. The van der Waals surface area contributed by atoms with Crippen molar-refractivity contribution in [2.45, 2.75) is 27.2 Å². The van der Waals surface area contributed by atoms with Crippen LogP contribution in [0, 0.1) is 12.8 Å². The quantitative estimate of drug-likeness (QED) is 0.820. The molecule has 4 nitrogen and oxygen atoms in total. The number of aliphatic hydroxyl groups is 1. The van der Waals surface area contributed by atoms with Crippen molar-refractivity contribution in [3.05, 3.63) is 15.6 Å². The molecule has 1 amide bonds. The molecule has 2 N–H and O–H groups in total. The first-order valence-electron chi connectivity index (χ1n) is 5.40. The van der Waals surface area contributed by atoms with Crippen LogP contribution in [-0.4, -0.2) is 29.1 Å². The number of nitrogens with zero attached hydrogens (tertiary/aromatic N) is 1. The number of aryl methyl sites for hydroxylation is 1. The molecule has 5 heteroatoms. The van der Waals surface area contributed by atoms with Crippen molar-refractivity contribution >= 4 is 17.2 Å². The number of hydrogen-bond acceptors (Lipinski definition) is 4. The molecule has 90 valence electrons. The Morgan fingerprint density at radius 1 is 1.56 bits per heavy atom. The molecule has 0 unspecified atom stereocenters. The van der Waals surface area contributed by atoms with Gasteiger partial charge in [-0.3, -0.25) is 4.79 Å². The normalized spacial score (nSPS) is 10.8. The Balaban J connectivity index is 2.81. The number of aliphatic hydroxyl groups excluding tert-OH is 1. The molecule has 1 rings (SSSR count). The molecule has 0 bridgehead atoms. The van der Waals surface area contributed by atoms with Gasteiger partial charge in [-0.25, -0.2) is 4.98 Å². The largest absolute Gasteiger partial charge is 0.395 e. The van der Waals surface area contributed by atoms with Gasteiger partial charge in [0.15, 0.2) is 0 Å². The molecule has 0 radical (unpaired) electrons. The number of amides is 1. The number of carbonyl (C=O) groups is 1. The number of nitrogens with one attached hydrogen (secondary N) is 1. The Morgan fingerprint density at radius 3 is 2.81 bits per heavy atom. The minimum Gasteiger partial charge on any atom is -0.395 e. The predicted molar refractivity (Wildman–Crippen MR) is 64.8 cm³/mol. The zero-order valence-electron chi connectivity index (χ0n) is 9.91. The first kappa shape index (κ1) is 13.1. The zero-order chi connectivity index (χ0) is 12.1. The fourth-order valence-corrected chi connectivity index (χ4v) is 2.29. The van der Waals surface area contributed by atoms with Gasteiger partial charge in [0.25, 0.3) is 5.91 Å². The third-order valence-corrected chi connectivity index (χ3v) is 3.02. The van der Waals surface area contributed by atoms with Crippen LogP contribution in [0.2, 0.25) is 0 Å². The molecule has 0 aliphatic carbocycles. The maximum Gasteiger partial charge on any atom is 0.263 e. The van der Waals surface area contributed by atoms with Crippen LogP contribution in [0.15, 0.2) is 0 Å². The van der Waals surface area contributed by atoms with Crippen molar-refractivity contribution in [2.75, 3.05) is 13.2 Å². The van der Waals surface area contributed by atoms with Gasteiger partial charge < -0.3 is 10.4 Å². The first-order valence-corrected chi connectivity index (χ1v) is 6.21. The van der Waals surface area contributed by atoms with Gasteiger partial charge in [-0.2, -0.15) is 0 Å². The Labute approximate surface area is 99.7 Å². The molecule has 0 spiro atoms.